The van der Waals surface area contributed by atoms with Crippen molar-refractivity contribution < 1.29 is 38.1 Å². The van der Waals surface area contributed by atoms with E-state index in [-0.39, 0.29) is 18.1 Å². The average molecular weight is 477 g/mol. The van der Waals surface area contributed by atoms with Gasteiger partial charge in [-0.05, 0) is 56.6 Å². The first kappa shape index (κ1) is 24.8. The van der Waals surface area contributed by atoms with Crippen LogP contribution in [0.2, 0.25) is 0 Å². The van der Waals surface area contributed by atoms with Crippen LogP contribution in [-0.4, -0.2) is 52.6 Å². The van der Waals surface area contributed by atoms with E-state index in [2.05, 4.69) is 0 Å². The quantitative estimate of drug-likeness (QED) is 0.622. The fourth-order valence-electron chi connectivity index (χ4n) is 7.71. The molecule has 8 heteroatoms. The predicted molar refractivity (Wildman–Crippen MR) is 119 cm³/mol. The Hall–Kier alpha value is -2.35. The van der Waals surface area contributed by atoms with Crippen molar-refractivity contribution in [3.63, 3.8) is 0 Å². The molecule has 3 fully saturated rings. The summed E-state index contributed by atoms with van der Waals surface area (Å²) < 4.78 is 28.1. The number of halogens is 1. The fourth-order valence-corrected chi connectivity index (χ4v) is 7.71. The van der Waals surface area contributed by atoms with Crippen molar-refractivity contribution in [1.82, 2.24) is 0 Å². The van der Waals surface area contributed by atoms with E-state index in [0.717, 1.165) is 0 Å². The highest BCUT2D eigenvalue weighted by Gasteiger charge is 2.76. The first-order valence-electron chi connectivity index (χ1n) is 11.9. The molecule has 186 valence electrons. The average Bonchev–Trinajstić information content (AvgIpc) is 2.94. The summed E-state index contributed by atoms with van der Waals surface area (Å²) in [4.78, 5) is 48.7. The Labute approximate surface area is 198 Å². The van der Waals surface area contributed by atoms with Crippen molar-refractivity contribution in [3.8, 4) is 0 Å². The molecule has 1 N–H and O–H groups in total. The molecule has 8 atom stereocenters. The summed E-state index contributed by atoms with van der Waals surface area (Å²) in [5, 5.41) is 11.9. The molecule has 0 spiro atoms. The number of ketones is 2. The van der Waals surface area contributed by atoms with Gasteiger partial charge in [-0.15, -0.1) is 0 Å². The number of fused-ring (bicyclic) bond motifs is 5. The molecule has 34 heavy (non-hydrogen) atoms. The molecule has 4 rings (SSSR count). The second kappa shape index (κ2) is 7.83. The van der Waals surface area contributed by atoms with Gasteiger partial charge in [0.1, 0.15) is 11.7 Å². The number of ether oxygens (including phenoxy) is 2. The summed E-state index contributed by atoms with van der Waals surface area (Å²) >= 11 is 0. The molecule has 0 aromatic heterocycles. The topological polar surface area (TPSA) is 107 Å². The van der Waals surface area contributed by atoms with Crippen LogP contribution >= 0.6 is 0 Å². The molecule has 4 aliphatic rings. The second-order valence-corrected chi connectivity index (χ2v) is 11.0. The summed E-state index contributed by atoms with van der Waals surface area (Å²) in [5.41, 5.74) is -5.48. The summed E-state index contributed by atoms with van der Waals surface area (Å²) in [5.74, 6) is -3.62. The fraction of sp³-hybridized carbons (Fsp3) is 0.692. The minimum absolute atomic E-state index is 0.0679. The Balaban J connectivity index is 1.83. The molecule has 0 aliphatic heterocycles. The normalized spacial score (nSPS) is 44.9. The van der Waals surface area contributed by atoms with E-state index < -0.39 is 64.4 Å². The van der Waals surface area contributed by atoms with Crippen molar-refractivity contribution in [1.29, 1.82) is 0 Å². The molecule has 0 radical (unpaired) electrons. The highest BCUT2D eigenvalue weighted by Crippen LogP contribution is 2.71. The van der Waals surface area contributed by atoms with Gasteiger partial charge in [0.15, 0.2) is 18.1 Å². The number of allylic oxidation sites excluding steroid dienone is 4. The molecular formula is C26H33FO7. The van der Waals surface area contributed by atoms with E-state index in [4.69, 9.17) is 9.47 Å². The van der Waals surface area contributed by atoms with Crippen LogP contribution in [0.25, 0.3) is 0 Å². The Morgan fingerprint density at radius 3 is 2.47 bits per heavy atom. The standard InChI is InChI=1S/C26H33FO7/c1-14-10-20-19-7-6-17-11-18(30)8-9-23(17,4)25(19,27)22(34-16(3)29)12-24(20,5)26(14,32)21(31)13-33-15(2)28/h8-9,11,14,19-20,22,32H,6-7,10,12-13H2,1-5H3/t14-,19+,20+,22+,23+,24+,25+,26+/m1/s1. The molecule has 0 heterocycles. The number of carbonyl (C=O) groups excluding carboxylic acids is 4. The van der Waals surface area contributed by atoms with Gasteiger partial charge in [-0.25, -0.2) is 4.39 Å². The smallest absolute Gasteiger partial charge is 0.303 e. The Kier molecular flexibility index (Phi) is 5.71. The summed E-state index contributed by atoms with van der Waals surface area (Å²) in [6.07, 6.45) is 4.43. The van der Waals surface area contributed by atoms with Crippen molar-refractivity contribution in [2.75, 3.05) is 6.61 Å². The van der Waals surface area contributed by atoms with E-state index in [1.807, 2.05) is 0 Å². The van der Waals surface area contributed by atoms with E-state index in [1.54, 1.807) is 26.8 Å². The number of esters is 2. The van der Waals surface area contributed by atoms with Crippen LogP contribution in [0.5, 0.6) is 0 Å². The van der Waals surface area contributed by atoms with Crippen molar-refractivity contribution in [2.45, 2.75) is 77.7 Å². The number of rotatable bonds is 4. The third-order valence-electron chi connectivity index (χ3n) is 9.34. The van der Waals surface area contributed by atoms with Gasteiger partial charge in [0, 0.05) is 30.6 Å². The largest absolute Gasteiger partial charge is 0.459 e. The number of aliphatic hydroxyl groups is 1. The van der Waals surface area contributed by atoms with Crippen molar-refractivity contribution in [3.05, 3.63) is 23.8 Å². The molecule has 4 aliphatic carbocycles. The zero-order chi connectivity index (χ0) is 25.3. The minimum Gasteiger partial charge on any atom is -0.459 e. The minimum atomic E-state index is -2.02. The predicted octanol–water partition coefficient (Wildman–Crippen LogP) is 3.04. The number of carbonyl (C=O) groups is 4. The maximum Gasteiger partial charge on any atom is 0.303 e. The van der Waals surface area contributed by atoms with E-state index >= 15 is 4.39 Å². The molecule has 7 nitrogen and oxygen atoms in total. The Morgan fingerprint density at radius 2 is 1.85 bits per heavy atom. The summed E-state index contributed by atoms with van der Waals surface area (Å²) in [7, 11) is 0. The van der Waals surface area contributed by atoms with Crippen LogP contribution in [0.15, 0.2) is 23.8 Å². The Morgan fingerprint density at radius 1 is 1.18 bits per heavy atom. The molecule has 0 amide bonds. The van der Waals surface area contributed by atoms with Gasteiger partial charge in [-0.2, -0.15) is 0 Å². The maximum absolute atomic E-state index is 17.6. The summed E-state index contributed by atoms with van der Waals surface area (Å²) in [6, 6.07) is 0. The van der Waals surface area contributed by atoms with Crippen LogP contribution in [0.3, 0.4) is 0 Å². The van der Waals surface area contributed by atoms with Gasteiger partial charge < -0.3 is 14.6 Å². The third kappa shape index (κ3) is 3.10. The van der Waals surface area contributed by atoms with Crippen molar-refractivity contribution in [2.24, 2.45) is 28.6 Å². The van der Waals surface area contributed by atoms with Crippen LogP contribution < -0.4 is 0 Å². The molecule has 0 aromatic carbocycles. The highest BCUT2D eigenvalue weighted by atomic mass is 19.1. The van der Waals surface area contributed by atoms with E-state index in [9.17, 15) is 24.3 Å². The molecular weight excluding hydrogens is 443 g/mol. The van der Waals surface area contributed by atoms with Gasteiger partial charge in [0.25, 0.3) is 0 Å². The first-order chi connectivity index (χ1) is 15.7. The number of Topliss-reactive ketones (excluding diaryl/α,β-unsaturated/α-hetero) is 1. The lowest BCUT2D eigenvalue weighted by Gasteiger charge is -2.63. The van der Waals surface area contributed by atoms with Gasteiger partial charge in [-0.1, -0.05) is 25.5 Å². The number of alkyl halides is 1. The van der Waals surface area contributed by atoms with Crippen LogP contribution in [0.1, 0.15) is 60.3 Å². The van der Waals surface area contributed by atoms with Crippen molar-refractivity contribution >= 4 is 23.5 Å². The molecule has 3 saturated carbocycles. The van der Waals surface area contributed by atoms with Gasteiger partial charge in [-0.3, -0.25) is 19.2 Å². The summed E-state index contributed by atoms with van der Waals surface area (Å²) in [6.45, 7) is 7.08. The van der Waals surface area contributed by atoms with Crippen LogP contribution in [-0.2, 0) is 28.7 Å². The van der Waals surface area contributed by atoms with Gasteiger partial charge in [0.05, 0.1) is 0 Å². The molecule has 0 unspecified atom stereocenters. The molecule has 0 bridgehead atoms. The monoisotopic (exact) mass is 476 g/mol. The third-order valence-corrected chi connectivity index (χ3v) is 9.34. The maximum atomic E-state index is 17.6. The highest BCUT2D eigenvalue weighted by molar-refractivity contribution is 6.01. The lowest BCUT2D eigenvalue weighted by molar-refractivity contribution is -0.229. The van der Waals surface area contributed by atoms with Crippen LogP contribution in [0.4, 0.5) is 4.39 Å². The number of hydrogen-bond donors (Lipinski definition) is 1. The first-order valence-corrected chi connectivity index (χ1v) is 11.9. The molecule has 0 aromatic rings. The zero-order valence-corrected chi connectivity index (χ0v) is 20.4. The van der Waals surface area contributed by atoms with Crippen LogP contribution in [0, 0.1) is 28.6 Å². The Bertz CT molecular complexity index is 1020. The van der Waals surface area contributed by atoms with E-state index in [1.165, 1.54) is 26.0 Å². The molecule has 0 saturated heterocycles. The second-order valence-electron chi connectivity index (χ2n) is 11.0. The van der Waals surface area contributed by atoms with Gasteiger partial charge >= 0.3 is 11.9 Å². The van der Waals surface area contributed by atoms with Gasteiger partial charge in [0.2, 0.25) is 5.78 Å². The lowest BCUT2D eigenvalue weighted by Crippen LogP contribution is -2.70. The zero-order valence-electron chi connectivity index (χ0n) is 20.4. The van der Waals surface area contributed by atoms with E-state index in [0.29, 0.717) is 24.8 Å². The number of hydrogen-bond acceptors (Lipinski definition) is 7. The lowest BCUT2D eigenvalue weighted by atomic mass is 9.44. The SMILES string of the molecule is CC(=O)OCC(=O)[C@@]1(O)[C@H](C)C[C@H]2[C@@H]3CCC4=CC(=O)C=C[C@]4(C)[C@@]3(F)[C@@H](OC(C)=O)C[C@@]21C.